The maximum atomic E-state index is 14.7. The fraction of sp³-hybridized carbons (Fsp3) is 0.300. The summed E-state index contributed by atoms with van der Waals surface area (Å²) in [6.45, 7) is 6.24. The second-order valence-corrected chi connectivity index (χ2v) is 22.4. The van der Waals surface area contributed by atoms with Crippen LogP contribution in [0.1, 0.15) is 62.4 Å². The van der Waals surface area contributed by atoms with Crippen molar-refractivity contribution < 1.29 is 55.1 Å². The lowest BCUT2D eigenvalue weighted by atomic mass is 9.58. The number of rotatable bonds is 11. The van der Waals surface area contributed by atoms with Gasteiger partial charge in [0.05, 0.1) is 47.1 Å². The number of hydrogen-bond donors (Lipinski definition) is 2. The zero-order valence-electron chi connectivity index (χ0n) is 36.3. The second-order valence-electron chi connectivity index (χ2n) is 18.1. The summed E-state index contributed by atoms with van der Waals surface area (Å²) in [7, 11) is -4.71. The molecule has 0 radical (unpaired) electrons. The van der Waals surface area contributed by atoms with Gasteiger partial charge in [-0.15, -0.1) is 0 Å². The number of pyridine rings is 1. The molecule has 2 aliphatic heterocycles. The Morgan fingerprint density at radius 2 is 1.41 bits per heavy atom. The molecular weight excluding hydrogens is 877 g/mol. The van der Waals surface area contributed by atoms with E-state index >= 15 is 0 Å². The Balaban J connectivity index is 1.25. The van der Waals surface area contributed by atoms with Crippen LogP contribution < -0.4 is 15.3 Å². The zero-order chi connectivity index (χ0) is 47.2. The first kappa shape index (κ1) is 46.7. The molecule has 8 rings (SSSR count). The number of imide groups is 1. The van der Waals surface area contributed by atoms with E-state index in [2.05, 4.69) is 25.8 Å². The maximum absolute atomic E-state index is 14.7. The molecule has 1 aliphatic carbocycles. The van der Waals surface area contributed by atoms with Gasteiger partial charge in [-0.25, -0.2) is 4.90 Å². The standard InChI is InChI=1S/C50H47BF6N2O6Si/c1-48(2,3)66(38-12-6-4-7-13-38,39-14-8-5-9-15-39)64-30-33-25-40-45(47(62)59(46(40)61)36-27-34(49(52,53)54)26-35(28-36)50(55,56)57)41-29-51(63)65-43(44(33)41)22-19-32(42-16-10-11-23-58-42)24-31-17-20-37(60)21-18-31/h4-18,20-21,23-24,26-28,40-41,43,45,60,63H,19,22,25,29-30H2,1-3H3/b32-24-/t40-,41+,43-,45-/m1/s1. The first-order valence-corrected chi connectivity index (χ1v) is 23.6. The molecule has 1 aromatic heterocycles. The van der Waals surface area contributed by atoms with Crippen molar-refractivity contribution in [2.45, 2.75) is 69.8 Å². The normalized spacial score (nSPS) is 20.7. The van der Waals surface area contributed by atoms with Crippen LogP contribution in [-0.2, 0) is 31.0 Å². The Hall–Kier alpha value is -5.81. The van der Waals surface area contributed by atoms with Crippen molar-refractivity contribution in [1.82, 2.24) is 4.98 Å². The van der Waals surface area contributed by atoms with Gasteiger partial charge in [0.15, 0.2) is 0 Å². The highest BCUT2D eigenvalue weighted by Crippen LogP contribution is 2.53. The minimum absolute atomic E-state index is 0.0454. The highest BCUT2D eigenvalue weighted by molar-refractivity contribution is 6.99. The topological polar surface area (TPSA) is 109 Å². The zero-order valence-corrected chi connectivity index (χ0v) is 37.3. The number of aromatic nitrogens is 1. The van der Waals surface area contributed by atoms with E-state index in [1.54, 1.807) is 36.5 Å². The molecule has 0 saturated carbocycles. The lowest BCUT2D eigenvalue weighted by molar-refractivity contribution is -0.143. The molecule has 0 spiro atoms. The molecule has 0 unspecified atom stereocenters. The number of halogens is 6. The Kier molecular flexibility index (Phi) is 12.8. The van der Waals surface area contributed by atoms with Gasteiger partial charge >= 0.3 is 19.5 Å². The SMILES string of the molecule is CC(C)(C)[Si](OCC1=C2[C@@H](CC/C(=C/c3ccc(O)cc3)c3ccccn3)OB(O)C[C@@H]2[C@@H]2C(=O)N(c3cc(C(F)(F)F)cc(C(F)(F)F)c3)C(=O)[C@@H]2C1)(c1ccccc1)c1ccccc1. The number of alkyl halides is 6. The van der Waals surface area contributed by atoms with Crippen LogP contribution in [-0.4, -0.2) is 55.1 Å². The van der Waals surface area contributed by atoms with E-state index in [-0.39, 0.29) is 37.6 Å². The summed E-state index contributed by atoms with van der Waals surface area (Å²) in [5.74, 6) is -5.14. The van der Waals surface area contributed by atoms with Gasteiger partial charge in [0.2, 0.25) is 11.8 Å². The number of nitrogens with zero attached hydrogens (tertiary/aromatic N) is 2. The summed E-state index contributed by atoms with van der Waals surface area (Å²) in [6.07, 6.45) is -7.47. The number of allylic oxidation sites excluding steroid dienone is 1. The predicted octanol–water partition coefficient (Wildman–Crippen LogP) is 9.72. The van der Waals surface area contributed by atoms with Gasteiger partial charge in [0.1, 0.15) is 5.75 Å². The molecule has 66 heavy (non-hydrogen) atoms. The number of carbonyl (C=O) groups excluding carboxylic acids is 2. The van der Waals surface area contributed by atoms with Crippen LogP contribution in [0.2, 0.25) is 11.4 Å². The van der Waals surface area contributed by atoms with Gasteiger partial charge in [0, 0.05) is 6.20 Å². The third-order valence-corrected chi connectivity index (χ3v) is 17.9. The van der Waals surface area contributed by atoms with Crippen molar-refractivity contribution >= 4 is 55.0 Å². The Labute approximate surface area is 379 Å². The molecule has 2 N–H and O–H groups in total. The minimum Gasteiger partial charge on any atom is -0.508 e. The van der Waals surface area contributed by atoms with Crippen molar-refractivity contribution in [3.05, 3.63) is 161 Å². The molecule has 2 fully saturated rings. The smallest absolute Gasteiger partial charge is 0.455 e. The highest BCUT2D eigenvalue weighted by atomic mass is 28.4. The van der Waals surface area contributed by atoms with Gasteiger partial charge in [0.25, 0.3) is 8.32 Å². The number of hydrogen-bond acceptors (Lipinski definition) is 7. The van der Waals surface area contributed by atoms with Crippen molar-refractivity contribution in [1.29, 1.82) is 0 Å². The number of anilines is 1. The molecule has 3 heterocycles. The van der Waals surface area contributed by atoms with Gasteiger partial charge in [-0.05, 0) is 118 Å². The van der Waals surface area contributed by atoms with Crippen molar-refractivity contribution in [2.24, 2.45) is 17.8 Å². The number of phenols is 1. The monoisotopic (exact) mass is 924 g/mol. The van der Waals surface area contributed by atoms with Gasteiger partial charge < -0.3 is 19.2 Å². The maximum Gasteiger partial charge on any atom is 0.455 e. The molecule has 8 nitrogen and oxygen atoms in total. The largest absolute Gasteiger partial charge is 0.508 e. The lowest BCUT2D eigenvalue weighted by Gasteiger charge is -2.46. The molecule has 5 aromatic rings. The molecule has 3 aliphatic rings. The average Bonchev–Trinajstić information content (AvgIpc) is 3.53. The summed E-state index contributed by atoms with van der Waals surface area (Å²) < 4.78 is 98.5. The van der Waals surface area contributed by atoms with E-state index in [1.807, 2.05) is 78.9 Å². The Morgan fingerprint density at radius 3 is 1.95 bits per heavy atom. The first-order chi connectivity index (χ1) is 31.3. The predicted molar refractivity (Wildman–Crippen MR) is 242 cm³/mol. The van der Waals surface area contributed by atoms with Crippen LogP contribution in [0.15, 0.2) is 139 Å². The molecule has 2 saturated heterocycles. The number of carbonyl (C=O) groups is 2. The van der Waals surface area contributed by atoms with Crippen LogP contribution in [0.5, 0.6) is 5.75 Å². The van der Waals surface area contributed by atoms with Crippen LogP contribution in [0, 0.1) is 17.8 Å². The van der Waals surface area contributed by atoms with Gasteiger partial charge in [-0.1, -0.05) is 99.6 Å². The minimum atomic E-state index is -5.22. The van der Waals surface area contributed by atoms with E-state index in [0.29, 0.717) is 40.3 Å². The molecule has 342 valence electrons. The molecule has 16 heteroatoms. The van der Waals surface area contributed by atoms with Crippen LogP contribution in [0.3, 0.4) is 0 Å². The van der Waals surface area contributed by atoms with E-state index < -0.39 is 85.3 Å². The molecule has 0 bridgehead atoms. The third kappa shape index (κ3) is 9.15. The van der Waals surface area contributed by atoms with Gasteiger partial charge in [-0.2, -0.15) is 26.3 Å². The number of amides is 2. The van der Waals surface area contributed by atoms with Crippen LogP contribution in [0.25, 0.3) is 11.6 Å². The van der Waals surface area contributed by atoms with E-state index in [1.165, 1.54) is 0 Å². The summed E-state index contributed by atoms with van der Waals surface area (Å²) in [5, 5.41) is 22.8. The lowest BCUT2D eigenvalue weighted by Crippen LogP contribution is -2.66. The summed E-state index contributed by atoms with van der Waals surface area (Å²) in [4.78, 5) is 34.3. The number of benzene rings is 4. The fourth-order valence-corrected chi connectivity index (χ4v) is 14.6. The third-order valence-electron chi connectivity index (χ3n) is 12.9. The van der Waals surface area contributed by atoms with E-state index in [4.69, 9.17) is 9.08 Å². The number of phenolic OH excluding ortho intramolecular Hbond substituents is 1. The Bertz CT molecular complexity index is 2570. The van der Waals surface area contributed by atoms with Crippen LogP contribution >= 0.6 is 0 Å². The second kappa shape index (κ2) is 18.1. The van der Waals surface area contributed by atoms with Crippen molar-refractivity contribution in [3.63, 3.8) is 0 Å². The summed E-state index contributed by atoms with van der Waals surface area (Å²) >= 11 is 0. The summed E-state index contributed by atoms with van der Waals surface area (Å²) in [5.41, 5.74) is -0.742. The van der Waals surface area contributed by atoms with E-state index in [9.17, 15) is 46.1 Å². The summed E-state index contributed by atoms with van der Waals surface area (Å²) in [6, 6.07) is 32.4. The molecule has 2 amide bonds. The first-order valence-electron chi connectivity index (χ1n) is 21.6. The highest BCUT2D eigenvalue weighted by Gasteiger charge is 2.59. The Morgan fingerprint density at radius 1 is 0.818 bits per heavy atom. The number of aromatic hydroxyl groups is 1. The van der Waals surface area contributed by atoms with Gasteiger partial charge in [-0.3, -0.25) is 14.6 Å². The molecule has 4 aromatic carbocycles. The van der Waals surface area contributed by atoms with Crippen LogP contribution in [0.4, 0.5) is 32.0 Å². The van der Waals surface area contributed by atoms with E-state index in [0.717, 1.165) is 21.5 Å². The fourth-order valence-electron chi connectivity index (χ4n) is 10.1. The average molecular weight is 925 g/mol. The molecule has 4 atom stereocenters. The quantitative estimate of drug-likeness (QED) is 0.0588. The van der Waals surface area contributed by atoms with Crippen molar-refractivity contribution in [2.75, 3.05) is 11.5 Å². The van der Waals surface area contributed by atoms with Crippen molar-refractivity contribution in [3.8, 4) is 5.75 Å². The molecular formula is C50H47BF6N2O6Si. The number of fused-ring (bicyclic) bond motifs is 3.